The zero-order valence-electron chi connectivity index (χ0n) is 14.1. The highest BCUT2D eigenvalue weighted by Crippen LogP contribution is 2.38. The summed E-state index contributed by atoms with van der Waals surface area (Å²) in [6.45, 7) is 1.71. The van der Waals surface area contributed by atoms with Gasteiger partial charge in [0.2, 0.25) is 0 Å². The molecule has 2 nitrogen and oxygen atoms in total. The first-order valence-electron chi connectivity index (χ1n) is 8.46. The van der Waals surface area contributed by atoms with Gasteiger partial charge in [-0.2, -0.15) is 13.2 Å². The minimum absolute atomic E-state index is 0.0506. The summed E-state index contributed by atoms with van der Waals surface area (Å²) in [5.74, 6) is -1.38. The van der Waals surface area contributed by atoms with Gasteiger partial charge in [-0.15, -0.1) is 0 Å². The third-order valence-corrected chi connectivity index (χ3v) is 5.01. The Morgan fingerprint density at radius 2 is 1.76 bits per heavy atom. The molecule has 25 heavy (non-hydrogen) atoms. The lowest BCUT2D eigenvalue weighted by Gasteiger charge is -2.25. The van der Waals surface area contributed by atoms with Crippen molar-refractivity contribution in [2.75, 3.05) is 18.1 Å². The van der Waals surface area contributed by atoms with E-state index in [0.29, 0.717) is 0 Å². The van der Waals surface area contributed by atoms with E-state index in [-0.39, 0.29) is 19.6 Å². The van der Waals surface area contributed by atoms with Gasteiger partial charge in [0.25, 0.3) is 0 Å². The van der Waals surface area contributed by atoms with Gasteiger partial charge in [-0.05, 0) is 48.6 Å². The average Bonchev–Trinajstić information content (AvgIpc) is 3.02. The van der Waals surface area contributed by atoms with Crippen molar-refractivity contribution in [1.82, 2.24) is 0 Å². The van der Waals surface area contributed by atoms with Crippen molar-refractivity contribution in [3.8, 4) is 0 Å². The zero-order valence-corrected chi connectivity index (χ0v) is 14.1. The molecule has 1 aliphatic heterocycles. The van der Waals surface area contributed by atoms with Gasteiger partial charge < -0.3 is 10.0 Å². The maximum Gasteiger partial charge on any atom is 0.393 e. The van der Waals surface area contributed by atoms with Crippen LogP contribution in [0.2, 0.25) is 0 Å². The molecule has 0 unspecified atom stereocenters. The summed E-state index contributed by atoms with van der Waals surface area (Å²) in [7, 11) is 0. The van der Waals surface area contributed by atoms with Crippen LogP contribution >= 0.6 is 0 Å². The van der Waals surface area contributed by atoms with E-state index in [2.05, 4.69) is 19.1 Å². The van der Waals surface area contributed by atoms with Crippen molar-refractivity contribution >= 4 is 5.69 Å². The Morgan fingerprint density at radius 3 is 2.36 bits per heavy atom. The summed E-state index contributed by atoms with van der Waals surface area (Å²) >= 11 is 0. The number of aliphatic hydroxyl groups is 1. The first kappa shape index (κ1) is 17.8. The van der Waals surface area contributed by atoms with Crippen molar-refractivity contribution in [3.63, 3.8) is 0 Å². The third kappa shape index (κ3) is 3.98. The number of benzene rings is 2. The number of aliphatic hydroxyl groups excluding tert-OH is 1. The zero-order chi connectivity index (χ0) is 18.0. The van der Waals surface area contributed by atoms with Crippen molar-refractivity contribution in [2.24, 2.45) is 5.92 Å². The number of aryl methyl sites for hydroxylation is 1. The van der Waals surface area contributed by atoms with E-state index in [9.17, 15) is 18.3 Å². The minimum atomic E-state index is -4.22. The van der Waals surface area contributed by atoms with E-state index in [1.54, 1.807) is 4.90 Å². The minimum Gasteiger partial charge on any atom is -0.394 e. The third-order valence-electron chi connectivity index (χ3n) is 5.01. The van der Waals surface area contributed by atoms with Crippen molar-refractivity contribution in [1.29, 1.82) is 0 Å². The molecule has 0 spiro atoms. The molecule has 5 heteroatoms. The molecule has 0 saturated carbocycles. The maximum atomic E-state index is 13.0. The molecular weight excluding hydrogens is 327 g/mol. The van der Waals surface area contributed by atoms with E-state index in [4.69, 9.17) is 0 Å². The first-order valence-corrected chi connectivity index (χ1v) is 8.46. The Hall–Kier alpha value is -2.01. The van der Waals surface area contributed by atoms with E-state index in [1.165, 1.54) is 11.1 Å². The molecule has 0 amide bonds. The second-order valence-corrected chi connectivity index (χ2v) is 6.73. The number of halogens is 3. The van der Waals surface area contributed by atoms with Gasteiger partial charge in [-0.3, -0.25) is 0 Å². The number of anilines is 1. The molecule has 1 saturated heterocycles. The van der Waals surface area contributed by atoms with E-state index in [1.807, 2.05) is 36.4 Å². The highest BCUT2D eigenvalue weighted by Gasteiger charge is 2.47. The molecule has 0 aliphatic carbocycles. The van der Waals surface area contributed by atoms with Crippen molar-refractivity contribution < 1.29 is 18.3 Å². The van der Waals surface area contributed by atoms with Crippen LogP contribution in [0.4, 0.5) is 18.9 Å². The summed E-state index contributed by atoms with van der Waals surface area (Å²) < 4.78 is 39.0. The van der Waals surface area contributed by atoms with Gasteiger partial charge >= 0.3 is 6.18 Å². The predicted octanol–water partition coefficient (Wildman–Crippen LogP) is 4.34. The van der Waals surface area contributed by atoms with Crippen LogP contribution in [0.5, 0.6) is 0 Å². The average molecular weight is 349 g/mol. The standard InChI is InChI=1S/C20H22F3NO/c1-14-4-2-3-5-16(14)10-15-6-8-18(9-7-15)24-12-17(20(21,22)23)11-19(24)13-25/h2-9,17,19,25H,10-13H2,1H3/t17-,19-/m0/s1. The largest absolute Gasteiger partial charge is 0.394 e. The molecule has 2 atom stereocenters. The summed E-state index contributed by atoms with van der Waals surface area (Å²) in [6.07, 6.45) is -3.47. The Balaban J connectivity index is 1.74. The number of nitrogens with zero attached hydrogens (tertiary/aromatic N) is 1. The van der Waals surface area contributed by atoms with E-state index in [0.717, 1.165) is 17.7 Å². The highest BCUT2D eigenvalue weighted by molar-refractivity contribution is 5.50. The summed E-state index contributed by atoms with van der Waals surface area (Å²) in [6, 6.07) is 15.3. The summed E-state index contributed by atoms with van der Waals surface area (Å²) in [5, 5.41) is 9.45. The number of hydrogen-bond acceptors (Lipinski definition) is 2. The lowest BCUT2D eigenvalue weighted by atomic mass is 10.0. The van der Waals surface area contributed by atoms with Gasteiger partial charge in [-0.1, -0.05) is 36.4 Å². The molecule has 2 aromatic rings. The molecule has 1 aliphatic rings. The van der Waals surface area contributed by atoms with E-state index >= 15 is 0 Å². The van der Waals surface area contributed by atoms with Crippen molar-refractivity contribution in [2.45, 2.75) is 32.0 Å². The van der Waals surface area contributed by atoms with Gasteiger partial charge in [0.15, 0.2) is 0 Å². The van der Waals surface area contributed by atoms with Gasteiger partial charge in [-0.25, -0.2) is 0 Å². The molecule has 0 radical (unpaired) electrons. The molecule has 3 rings (SSSR count). The smallest absolute Gasteiger partial charge is 0.393 e. The highest BCUT2D eigenvalue weighted by atomic mass is 19.4. The van der Waals surface area contributed by atoms with Crippen LogP contribution in [0.25, 0.3) is 0 Å². The molecule has 2 aromatic carbocycles. The molecule has 1 fully saturated rings. The van der Waals surface area contributed by atoms with Gasteiger partial charge in [0.05, 0.1) is 18.6 Å². The Morgan fingerprint density at radius 1 is 1.08 bits per heavy atom. The number of hydrogen-bond donors (Lipinski definition) is 1. The Bertz CT molecular complexity index is 712. The van der Waals surface area contributed by atoms with Crippen molar-refractivity contribution in [3.05, 3.63) is 65.2 Å². The van der Waals surface area contributed by atoms with E-state index < -0.39 is 18.1 Å². The van der Waals surface area contributed by atoms with Crippen LogP contribution in [0.15, 0.2) is 48.5 Å². The maximum absolute atomic E-state index is 13.0. The first-order chi connectivity index (χ1) is 11.9. The Labute approximate surface area is 145 Å². The monoisotopic (exact) mass is 349 g/mol. The predicted molar refractivity (Wildman–Crippen MR) is 92.8 cm³/mol. The SMILES string of the molecule is Cc1ccccc1Cc1ccc(N2C[C@@H](C(F)(F)F)C[C@H]2CO)cc1. The normalized spacial score (nSPS) is 20.9. The van der Waals surface area contributed by atoms with Crippen LogP contribution in [0.3, 0.4) is 0 Å². The lowest BCUT2D eigenvalue weighted by Crippen LogP contribution is -2.32. The molecule has 1 heterocycles. The topological polar surface area (TPSA) is 23.5 Å². The molecule has 0 aromatic heterocycles. The number of alkyl halides is 3. The van der Waals surface area contributed by atoms with Crippen LogP contribution in [0, 0.1) is 12.8 Å². The summed E-state index contributed by atoms with van der Waals surface area (Å²) in [5.41, 5.74) is 4.31. The van der Waals surface area contributed by atoms with Crippen LogP contribution in [0.1, 0.15) is 23.1 Å². The fourth-order valence-electron chi connectivity index (χ4n) is 3.48. The van der Waals surface area contributed by atoms with Gasteiger partial charge in [0.1, 0.15) is 0 Å². The second-order valence-electron chi connectivity index (χ2n) is 6.73. The molecule has 0 bridgehead atoms. The van der Waals surface area contributed by atoms with Crippen LogP contribution in [-0.2, 0) is 6.42 Å². The quantitative estimate of drug-likeness (QED) is 0.888. The molecule has 1 N–H and O–H groups in total. The fourth-order valence-corrected chi connectivity index (χ4v) is 3.48. The summed E-state index contributed by atoms with van der Waals surface area (Å²) in [4.78, 5) is 1.68. The number of rotatable bonds is 4. The Kier molecular flexibility index (Phi) is 5.04. The fraction of sp³-hybridized carbons (Fsp3) is 0.400. The second kappa shape index (κ2) is 7.08. The molecular formula is C20H22F3NO. The lowest BCUT2D eigenvalue weighted by molar-refractivity contribution is -0.168. The van der Waals surface area contributed by atoms with Crippen LogP contribution < -0.4 is 4.90 Å². The van der Waals surface area contributed by atoms with Crippen LogP contribution in [-0.4, -0.2) is 30.5 Å². The molecule has 134 valence electrons. The van der Waals surface area contributed by atoms with Gasteiger partial charge in [0, 0.05) is 12.2 Å².